The Labute approximate surface area is 171 Å². The topological polar surface area (TPSA) is 122 Å². The van der Waals surface area contributed by atoms with Crippen LogP contribution < -0.4 is 11.2 Å². The lowest BCUT2D eigenvalue weighted by atomic mass is 9.55. The highest BCUT2D eigenvalue weighted by atomic mass is 16.5. The van der Waals surface area contributed by atoms with E-state index in [9.17, 15) is 14.7 Å². The molecule has 5 atom stereocenters. The normalized spacial score (nSPS) is 32.0. The van der Waals surface area contributed by atoms with E-state index < -0.39 is 6.03 Å². The van der Waals surface area contributed by atoms with Gasteiger partial charge in [0.05, 0.1) is 0 Å². The number of amides is 2. The highest BCUT2D eigenvalue weighted by Crippen LogP contribution is 2.61. The van der Waals surface area contributed by atoms with Crippen molar-refractivity contribution in [1.82, 2.24) is 5.48 Å². The quantitative estimate of drug-likeness (QED) is 0.341. The molecule has 1 aromatic carbocycles. The number of rotatable bonds is 2. The van der Waals surface area contributed by atoms with Crippen molar-refractivity contribution < 1.29 is 24.6 Å². The summed E-state index contributed by atoms with van der Waals surface area (Å²) < 4.78 is 5.83. The molecule has 3 aliphatic rings. The lowest BCUT2D eigenvalue weighted by molar-refractivity contribution is -0.157. The van der Waals surface area contributed by atoms with Crippen LogP contribution in [0.25, 0.3) is 0 Å². The summed E-state index contributed by atoms with van der Waals surface area (Å²) in [4.78, 5) is 21.0. The number of ether oxygens (including phenoxy) is 1. The van der Waals surface area contributed by atoms with E-state index in [0.29, 0.717) is 29.9 Å². The van der Waals surface area contributed by atoms with Gasteiger partial charge >= 0.3 is 12.0 Å². The molecule has 7 heteroatoms. The number of esters is 1. The number of nitrogens with two attached hydrogens (primary N) is 1. The van der Waals surface area contributed by atoms with Crippen molar-refractivity contribution in [3.05, 3.63) is 29.3 Å². The lowest BCUT2D eigenvalue weighted by Crippen LogP contribution is -2.45. The molecular formula is C22H32N2O5. The van der Waals surface area contributed by atoms with Gasteiger partial charge in [-0.25, -0.2) is 10.3 Å². The van der Waals surface area contributed by atoms with Crippen LogP contribution >= 0.6 is 0 Å². The first-order chi connectivity index (χ1) is 13.8. The zero-order chi connectivity index (χ0) is 21.2. The second kappa shape index (κ2) is 8.61. The molecule has 0 spiro atoms. The molecule has 0 aliphatic heterocycles. The molecule has 0 heterocycles. The van der Waals surface area contributed by atoms with Gasteiger partial charge in [-0.1, -0.05) is 19.9 Å². The maximum atomic E-state index is 11.8. The van der Waals surface area contributed by atoms with E-state index >= 15 is 0 Å². The Balaban J connectivity index is 0.000000431. The molecule has 0 saturated heterocycles. The molecule has 1 aromatic rings. The number of urea groups is 1. The van der Waals surface area contributed by atoms with Gasteiger partial charge in [0.2, 0.25) is 0 Å². The Morgan fingerprint density at radius 1 is 1.28 bits per heavy atom. The number of fused-ring (bicyclic) bond motifs is 5. The van der Waals surface area contributed by atoms with E-state index in [-0.39, 0.29) is 17.5 Å². The Hall–Kier alpha value is -2.28. The fourth-order valence-corrected chi connectivity index (χ4v) is 5.96. The minimum Gasteiger partial charge on any atom is -0.508 e. The SMILES string of the molecule is CCC(=O)OC1CCC2C3CCc4cc(O)ccc4C3CCC12C.NC(=O)NO. The van der Waals surface area contributed by atoms with Gasteiger partial charge in [0.1, 0.15) is 11.9 Å². The number of aryl methyl sites for hydroxylation is 1. The average Bonchev–Trinajstić information content (AvgIpc) is 3.04. The maximum absolute atomic E-state index is 11.8. The minimum absolute atomic E-state index is 0.0477. The summed E-state index contributed by atoms with van der Waals surface area (Å²) in [6, 6.07) is 5.01. The van der Waals surface area contributed by atoms with Crippen molar-refractivity contribution in [3.63, 3.8) is 0 Å². The van der Waals surface area contributed by atoms with Crippen LogP contribution in [0, 0.1) is 17.3 Å². The van der Waals surface area contributed by atoms with Crippen LogP contribution in [0.5, 0.6) is 5.75 Å². The predicted molar refractivity (Wildman–Crippen MR) is 107 cm³/mol. The van der Waals surface area contributed by atoms with Crippen LogP contribution in [-0.4, -0.2) is 28.4 Å². The average molecular weight is 405 g/mol. The molecule has 0 radical (unpaired) electrons. The van der Waals surface area contributed by atoms with Gasteiger partial charge < -0.3 is 15.6 Å². The van der Waals surface area contributed by atoms with Crippen molar-refractivity contribution in [2.75, 3.05) is 0 Å². The van der Waals surface area contributed by atoms with Crippen LogP contribution in [0.3, 0.4) is 0 Å². The first-order valence-corrected chi connectivity index (χ1v) is 10.5. The Bertz CT molecular complexity index is 768. The number of hydroxylamine groups is 1. The first-order valence-electron chi connectivity index (χ1n) is 10.5. The molecular weight excluding hydrogens is 372 g/mol. The lowest BCUT2D eigenvalue weighted by Gasteiger charge is -2.50. The van der Waals surface area contributed by atoms with E-state index in [0.717, 1.165) is 19.3 Å². The van der Waals surface area contributed by atoms with Crippen molar-refractivity contribution in [3.8, 4) is 5.75 Å². The number of carbonyl (C=O) groups is 2. The summed E-state index contributed by atoms with van der Waals surface area (Å²) in [7, 11) is 0. The summed E-state index contributed by atoms with van der Waals surface area (Å²) in [6.45, 7) is 4.24. The summed E-state index contributed by atoms with van der Waals surface area (Å²) in [5, 5.41) is 17.2. The summed E-state index contributed by atoms with van der Waals surface area (Å²) in [5.41, 5.74) is 8.41. The van der Waals surface area contributed by atoms with E-state index in [1.54, 1.807) is 0 Å². The molecule has 2 amide bonds. The fourth-order valence-electron chi connectivity index (χ4n) is 5.96. The van der Waals surface area contributed by atoms with Gasteiger partial charge in [-0.05, 0) is 79.5 Å². The fraction of sp³-hybridized carbons (Fsp3) is 0.636. The van der Waals surface area contributed by atoms with Crippen molar-refractivity contribution >= 4 is 12.0 Å². The summed E-state index contributed by atoms with van der Waals surface area (Å²) in [6.07, 6.45) is 7.38. The number of benzene rings is 1. The number of hydrogen-bond donors (Lipinski definition) is 4. The third-order valence-corrected chi connectivity index (χ3v) is 7.30. The van der Waals surface area contributed by atoms with Crippen LogP contribution in [0.1, 0.15) is 69.4 Å². The van der Waals surface area contributed by atoms with Crippen LogP contribution in [-0.2, 0) is 16.0 Å². The smallest absolute Gasteiger partial charge is 0.335 e. The largest absolute Gasteiger partial charge is 0.508 e. The number of aromatic hydroxyl groups is 1. The van der Waals surface area contributed by atoms with E-state index in [1.165, 1.54) is 35.9 Å². The van der Waals surface area contributed by atoms with E-state index in [1.807, 2.05) is 19.1 Å². The number of hydrogen-bond acceptors (Lipinski definition) is 5. The van der Waals surface area contributed by atoms with Crippen LogP contribution in [0.2, 0.25) is 0 Å². The molecule has 0 aromatic heterocycles. The van der Waals surface area contributed by atoms with Crippen molar-refractivity contribution in [2.45, 2.75) is 70.8 Å². The minimum atomic E-state index is -0.940. The molecule has 29 heavy (non-hydrogen) atoms. The highest BCUT2D eigenvalue weighted by Gasteiger charge is 2.56. The first kappa shape index (κ1) is 21.4. The zero-order valence-corrected chi connectivity index (χ0v) is 17.2. The van der Waals surface area contributed by atoms with Crippen molar-refractivity contribution in [2.24, 2.45) is 23.0 Å². The van der Waals surface area contributed by atoms with Gasteiger partial charge in [-0.2, -0.15) is 0 Å². The van der Waals surface area contributed by atoms with Crippen LogP contribution in [0.4, 0.5) is 4.79 Å². The second-order valence-electron chi connectivity index (χ2n) is 8.73. The Kier molecular flexibility index (Phi) is 6.36. The number of primary amides is 1. The summed E-state index contributed by atoms with van der Waals surface area (Å²) in [5.74, 6) is 2.32. The molecule has 160 valence electrons. The van der Waals surface area contributed by atoms with Gasteiger partial charge in [0.25, 0.3) is 0 Å². The summed E-state index contributed by atoms with van der Waals surface area (Å²) >= 11 is 0. The zero-order valence-electron chi connectivity index (χ0n) is 17.2. The number of carbonyl (C=O) groups excluding carboxylic acids is 2. The molecule has 2 saturated carbocycles. The second-order valence-corrected chi connectivity index (χ2v) is 8.73. The molecule has 0 bridgehead atoms. The Morgan fingerprint density at radius 3 is 2.66 bits per heavy atom. The van der Waals surface area contributed by atoms with Crippen LogP contribution in [0.15, 0.2) is 18.2 Å². The van der Waals surface area contributed by atoms with Gasteiger partial charge in [0.15, 0.2) is 0 Å². The predicted octanol–water partition coefficient (Wildman–Crippen LogP) is 3.61. The van der Waals surface area contributed by atoms with Gasteiger partial charge in [-0.15, -0.1) is 0 Å². The highest BCUT2D eigenvalue weighted by molar-refractivity contribution is 5.70. The molecule has 2 fully saturated rings. The van der Waals surface area contributed by atoms with Crippen molar-refractivity contribution in [1.29, 1.82) is 0 Å². The number of phenolic OH excluding ortho intramolecular Hbond substituents is 1. The third-order valence-electron chi connectivity index (χ3n) is 7.30. The maximum Gasteiger partial charge on any atom is 0.335 e. The molecule has 4 rings (SSSR count). The van der Waals surface area contributed by atoms with E-state index in [4.69, 9.17) is 9.94 Å². The van der Waals surface area contributed by atoms with Gasteiger partial charge in [-0.3, -0.25) is 10.0 Å². The standard InChI is InChI=1S/C21H28O3.CH4N2O2/c1-3-20(23)24-19-9-8-18-17-6-4-13-12-14(22)5-7-15(13)16(17)10-11-21(18,19)2;2-1(4)3-5/h5,7,12,16-19,22H,3-4,6,8-11H2,1-2H3;5H,(H3,2,3,4). The molecule has 3 aliphatic carbocycles. The third kappa shape index (κ3) is 4.20. The molecule has 5 unspecified atom stereocenters. The Morgan fingerprint density at radius 2 is 2.00 bits per heavy atom. The molecule has 7 nitrogen and oxygen atoms in total. The number of phenols is 1. The van der Waals surface area contributed by atoms with Gasteiger partial charge in [0, 0.05) is 11.8 Å². The molecule has 5 N–H and O–H groups in total. The number of nitrogens with one attached hydrogen (secondary N) is 1. The monoisotopic (exact) mass is 404 g/mol. The van der Waals surface area contributed by atoms with E-state index in [2.05, 4.69) is 18.7 Å².